The molecule has 3 N–H and O–H groups in total. The lowest BCUT2D eigenvalue weighted by molar-refractivity contribution is 0.447. The zero-order valence-electron chi connectivity index (χ0n) is 13.6. The van der Waals surface area contributed by atoms with E-state index in [9.17, 15) is 0 Å². The number of nitrogens with two attached hydrogens (primary N) is 1. The molecule has 1 unspecified atom stereocenters. The van der Waals surface area contributed by atoms with Gasteiger partial charge in [-0.15, -0.1) is 0 Å². The average molecular weight is 366 g/mol. The first-order valence-corrected chi connectivity index (χ1v) is 8.95. The van der Waals surface area contributed by atoms with Crippen LogP contribution in [0.15, 0.2) is 24.5 Å². The minimum absolute atomic E-state index is 0.475. The molecule has 0 spiro atoms. The fraction of sp³-hybridized carbons (Fsp3) is 0.412. The molecule has 1 aliphatic rings. The van der Waals surface area contributed by atoms with Crippen molar-refractivity contribution in [2.24, 2.45) is 0 Å². The monoisotopic (exact) mass is 365 g/mol. The number of benzene rings is 1. The Labute approximate surface area is 152 Å². The Hall–Kier alpha value is -1.72. The summed E-state index contributed by atoms with van der Waals surface area (Å²) in [6.07, 6.45) is 6.21. The van der Waals surface area contributed by atoms with Crippen LogP contribution in [0, 0.1) is 0 Å². The molecule has 0 radical (unpaired) electrons. The number of nitrogens with zero attached hydrogens (tertiary/aromatic N) is 3. The second kappa shape index (κ2) is 7.45. The van der Waals surface area contributed by atoms with Gasteiger partial charge in [-0.25, -0.2) is 9.97 Å². The van der Waals surface area contributed by atoms with Gasteiger partial charge in [0.1, 0.15) is 12.0 Å². The lowest BCUT2D eigenvalue weighted by atomic mass is 10.00. The average Bonchev–Trinajstić information content (AvgIpc) is 2.59. The van der Waals surface area contributed by atoms with E-state index in [1.165, 1.54) is 12.8 Å². The SMILES string of the molecule is CCC1CCCCN1c1ncnc(Nc2ccc(Cl)cc2Cl)c1N. The summed E-state index contributed by atoms with van der Waals surface area (Å²) in [6, 6.07) is 5.73. The molecule has 1 aromatic carbocycles. The summed E-state index contributed by atoms with van der Waals surface area (Å²) in [4.78, 5) is 11.0. The van der Waals surface area contributed by atoms with Crippen LogP contribution in [0.4, 0.5) is 23.0 Å². The first kappa shape index (κ1) is 17.1. The predicted molar refractivity (Wildman–Crippen MR) is 101 cm³/mol. The van der Waals surface area contributed by atoms with Gasteiger partial charge in [0.05, 0.1) is 10.7 Å². The van der Waals surface area contributed by atoms with Crippen LogP contribution >= 0.6 is 23.2 Å². The number of aromatic nitrogens is 2. The molecule has 1 fully saturated rings. The highest BCUT2D eigenvalue weighted by Gasteiger charge is 2.25. The van der Waals surface area contributed by atoms with E-state index in [0.717, 1.165) is 25.2 Å². The van der Waals surface area contributed by atoms with E-state index in [1.54, 1.807) is 18.5 Å². The number of piperidine rings is 1. The first-order chi connectivity index (χ1) is 11.6. The number of hydrogen-bond acceptors (Lipinski definition) is 5. The van der Waals surface area contributed by atoms with Crippen molar-refractivity contribution in [3.63, 3.8) is 0 Å². The van der Waals surface area contributed by atoms with E-state index in [0.29, 0.717) is 33.3 Å². The Morgan fingerprint density at radius 3 is 2.88 bits per heavy atom. The summed E-state index contributed by atoms with van der Waals surface area (Å²) >= 11 is 12.2. The van der Waals surface area contributed by atoms with Gasteiger partial charge in [-0.2, -0.15) is 0 Å². The van der Waals surface area contributed by atoms with Crippen molar-refractivity contribution in [3.8, 4) is 0 Å². The van der Waals surface area contributed by atoms with Gasteiger partial charge < -0.3 is 16.0 Å². The number of rotatable bonds is 4. The van der Waals surface area contributed by atoms with Gasteiger partial charge >= 0.3 is 0 Å². The first-order valence-electron chi connectivity index (χ1n) is 8.19. The summed E-state index contributed by atoms with van der Waals surface area (Å²) in [6.45, 7) is 3.17. The maximum absolute atomic E-state index is 6.36. The van der Waals surface area contributed by atoms with E-state index >= 15 is 0 Å². The van der Waals surface area contributed by atoms with Crippen LogP contribution in [0.1, 0.15) is 32.6 Å². The fourth-order valence-corrected chi connectivity index (χ4v) is 3.59. The largest absolute Gasteiger partial charge is 0.393 e. The van der Waals surface area contributed by atoms with Crippen molar-refractivity contribution in [1.82, 2.24) is 9.97 Å². The quantitative estimate of drug-likeness (QED) is 0.807. The molecule has 3 rings (SSSR count). The Bertz CT molecular complexity index is 722. The molecule has 1 aliphatic heterocycles. The van der Waals surface area contributed by atoms with Gasteiger partial charge in [-0.3, -0.25) is 0 Å². The lowest BCUT2D eigenvalue weighted by Crippen LogP contribution is -2.40. The van der Waals surface area contributed by atoms with E-state index in [4.69, 9.17) is 28.9 Å². The Morgan fingerprint density at radius 1 is 1.29 bits per heavy atom. The molecule has 0 aliphatic carbocycles. The molecule has 0 bridgehead atoms. The zero-order chi connectivity index (χ0) is 17.1. The molecule has 2 aromatic rings. The van der Waals surface area contributed by atoms with Gasteiger partial charge in [0.15, 0.2) is 11.6 Å². The van der Waals surface area contributed by atoms with Crippen molar-refractivity contribution in [2.45, 2.75) is 38.6 Å². The number of nitrogen functional groups attached to an aromatic ring is 1. The van der Waals surface area contributed by atoms with Gasteiger partial charge in [-0.05, 0) is 43.9 Å². The Balaban J connectivity index is 1.90. The van der Waals surface area contributed by atoms with Gasteiger partial charge in [0.2, 0.25) is 0 Å². The van der Waals surface area contributed by atoms with Crippen LogP contribution in [-0.4, -0.2) is 22.6 Å². The normalized spacial score (nSPS) is 17.8. The molecule has 1 aromatic heterocycles. The second-order valence-corrected chi connectivity index (χ2v) is 6.80. The predicted octanol–water partition coefficient (Wildman–Crippen LogP) is 4.88. The van der Waals surface area contributed by atoms with Crippen LogP contribution in [-0.2, 0) is 0 Å². The molecule has 0 amide bonds. The summed E-state index contributed by atoms with van der Waals surface area (Å²) in [5, 5.41) is 4.29. The van der Waals surface area contributed by atoms with E-state index in [-0.39, 0.29) is 0 Å². The molecular weight excluding hydrogens is 345 g/mol. The highest BCUT2D eigenvalue weighted by atomic mass is 35.5. The van der Waals surface area contributed by atoms with Crippen molar-refractivity contribution in [2.75, 3.05) is 22.5 Å². The molecule has 7 heteroatoms. The minimum Gasteiger partial charge on any atom is -0.393 e. The van der Waals surface area contributed by atoms with Crippen molar-refractivity contribution in [3.05, 3.63) is 34.6 Å². The third-order valence-corrected chi connectivity index (χ3v) is 4.97. The molecular formula is C17H21Cl2N5. The summed E-state index contributed by atoms with van der Waals surface area (Å²) in [7, 11) is 0. The number of halogens is 2. The minimum atomic E-state index is 0.475. The van der Waals surface area contributed by atoms with Crippen LogP contribution in [0.25, 0.3) is 0 Å². The topological polar surface area (TPSA) is 67.1 Å². The molecule has 1 saturated heterocycles. The van der Waals surface area contributed by atoms with E-state index in [1.807, 2.05) is 6.07 Å². The molecule has 2 heterocycles. The standard InChI is InChI=1S/C17H21Cl2N5/c1-2-12-5-3-4-8-24(12)17-15(20)16(21-10-22-17)23-14-7-6-11(18)9-13(14)19/h6-7,9-10,12H,2-5,8,20H2,1H3,(H,21,22,23). The Morgan fingerprint density at radius 2 is 2.12 bits per heavy atom. The van der Waals surface area contributed by atoms with Gasteiger partial charge in [0.25, 0.3) is 0 Å². The lowest BCUT2D eigenvalue weighted by Gasteiger charge is -2.36. The van der Waals surface area contributed by atoms with Crippen molar-refractivity contribution in [1.29, 1.82) is 0 Å². The maximum atomic E-state index is 6.36. The third-order valence-electron chi connectivity index (χ3n) is 4.42. The maximum Gasteiger partial charge on any atom is 0.159 e. The molecule has 128 valence electrons. The number of anilines is 4. The van der Waals surface area contributed by atoms with Gasteiger partial charge in [0, 0.05) is 17.6 Å². The smallest absolute Gasteiger partial charge is 0.159 e. The second-order valence-electron chi connectivity index (χ2n) is 5.96. The molecule has 1 atom stereocenters. The van der Waals surface area contributed by atoms with Crippen LogP contribution < -0.4 is 16.0 Å². The van der Waals surface area contributed by atoms with Crippen LogP contribution in [0.2, 0.25) is 10.0 Å². The van der Waals surface area contributed by atoms with Gasteiger partial charge in [-0.1, -0.05) is 30.1 Å². The van der Waals surface area contributed by atoms with Crippen LogP contribution in [0.3, 0.4) is 0 Å². The summed E-state index contributed by atoms with van der Waals surface area (Å²) in [5.41, 5.74) is 7.62. The molecule has 0 saturated carbocycles. The highest BCUT2D eigenvalue weighted by molar-refractivity contribution is 6.36. The highest BCUT2D eigenvalue weighted by Crippen LogP contribution is 2.35. The third kappa shape index (κ3) is 3.52. The Kier molecular flexibility index (Phi) is 5.31. The van der Waals surface area contributed by atoms with Crippen molar-refractivity contribution >= 4 is 46.2 Å². The van der Waals surface area contributed by atoms with E-state index < -0.39 is 0 Å². The molecule has 24 heavy (non-hydrogen) atoms. The number of nitrogens with one attached hydrogen (secondary N) is 1. The summed E-state index contributed by atoms with van der Waals surface area (Å²) < 4.78 is 0. The number of hydrogen-bond donors (Lipinski definition) is 2. The van der Waals surface area contributed by atoms with Crippen LogP contribution in [0.5, 0.6) is 0 Å². The zero-order valence-corrected chi connectivity index (χ0v) is 15.1. The summed E-state index contributed by atoms with van der Waals surface area (Å²) in [5.74, 6) is 1.36. The van der Waals surface area contributed by atoms with E-state index in [2.05, 4.69) is 27.1 Å². The fourth-order valence-electron chi connectivity index (χ4n) is 3.14. The molecule has 5 nitrogen and oxygen atoms in total. The van der Waals surface area contributed by atoms with Crippen molar-refractivity contribution < 1.29 is 0 Å².